The number of nitrogens with zero attached hydrogens (tertiary/aromatic N) is 4. The third kappa shape index (κ3) is 3.24. The smallest absolute Gasteiger partial charge is 0.264 e. The summed E-state index contributed by atoms with van der Waals surface area (Å²) in [5.41, 5.74) is 4.27. The first-order valence-corrected chi connectivity index (χ1v) is 11.1. The lowest BCUT2D eigenvalue weighted by Gasteiger charge is -2.33. The van der Waals surface area contributed by atoms with Gasteiger partial charge >= 0.3 is 0 Å². The molecule has 1 aromatic rings. The van der Waals surface area contributed by atoms with Crippen LogP contribution in [0, 0.1) is 5.92 Å². The molecule has 30 heavy (non-hydrogen) atoms. The van der Waals surface area contributed by atoms with Gasteiger partial charge in [0, 0.05) is 25.1 Å². The van der Waals surface area contributed by atoms with Gasteiger partial charge < -0.3 is 4.90 Å². The topological polar surface area (TPSA) is 74.5 Å². The Hall–Kier alpha value is -2.89. The Morgan fingerprint density at radius 1 is 0.933 bits per heavy atom. The Morgan fingerprint density at radius 2 is 1.70 bits per heavy atom. The molecule has 6 heteroatoms. The van der Waals surface area contributed by atoms with E-state index in [2.05, 4.69) is 28.9 Å². The molecule has 5 rings (SSSR count). The van der Waals surface area contributed by atoms with Crippen molar-refractivity contribution in [1.29, 1.82) is 0 Å². The lowest BCUT2D eigenvalue weighted by Crippen LogP contribution is -2.42. The predicted molar refractivity (Wildman–Crippen MR) is 118 cm³/mol. The monoisotopic (exact) mass is 402 g/mol. The van der Waals surface area contributed by atoms with E-state index in [9.17, 15) is 9.59 Å². The van der Waals surface area contributed by atoms with Gasteiger partial charge in [-0.15, -0.1) is 0 Å². The third-order valence-electron chi connectivity index (χ3n) is 6.43. The van der Waals surface area contributed by atoms with E-state index >= 15 is 0 Å². The number of amides is 1. The Morgan fingerprint density at radius 3 is 2.43 bits per heavy atom. The molecule has 1 amide bonds. The van der Waals surface area contributed by atoms with E-state index < -0.39 is 5.92 Å². The normalized spacial score (nSPS) is 24.1. The molecular formula is C24H26N4O2. The molecule has 1 saturated carbocycles. The van der Waals surface area contributed by atoms with Crippen molar-refractivity contribution in [2.45, 2.75) is 51.9 Å². The molecule has 6 nitrogen and oxygen atoms in total. The standard InChI is InChI=1S/C24H26N4O2/c1-2-15-9-11-16(12-10-15)19-20-17(7-6-8-18(20)29)25-22-21(19)23(30)27-24(26-22)28-13-4-3-5-14-28/h9-12,21H,2-8,13-14H2,1H3. The molecule has 0 N–H and O–H groups in total. The van der Waals surface area contributed by atoms with E-state index in [1.807, 2.05) is 12.1 Å². The highest BCUT2D eigenvalue weighted by atomic mass is 16.1. The number of carbonyl (C=O) groups excluding carboxylic acids is 2. The fourth-order valence-electron chi connectivity index (χ4n) is 4.80. The number of dihydropyridines is 1. The molecule has 1 atom stereocenters. The number of rotatable bonds is 2. The van der Waals surface area contributed by atoms with Crippen molar-refractivity contribution < 1.29 is 9.59 Å². The number of guanidine groups is 1. The lowest BCUT2D eigenvalue weighted by molar-refractivity contribution is -0.118. The maximum atomic E-state index is 13.3. The number of hydrogen-bond acceptors (Lipinski definition) is 5. The summed E-state index contributed by atoms with van der Waals surface area (Å²) < 4.78 is 0. The van der Waals surface area contributed by atoms with Gasteiger partial charge in [0.1, 0.15) is 11.8 Å². The number of aliphatic imine (C=N–C) groups is 3. The maximum absolute atomic E-state index is 13.3. The molecule has 154 valence electrons. The van der Waals surface area contributed by atoms with Crippen LogP contribution in [0.2, 0.25) is 0 Å². The summed E-state index contributed by atoms with van der Waals surface area (Å²) >= 11 is 0. The average molecular weight is 402 g/mol. The number of aryl methyl sites for hydroxylation is 1. The largest absolute Gasteiger partial charge is 0.341 e. The third-order valence-corrected chi connectivity index (χ3v) is 6.43. The molecule has 0 bridgehead atoms. The number of hydrogen-bond donors (Lipinski definition) is 0. The predicted octanol–water partition coefficient (Wildman–Crippen LogP) is 3.61. The van der Waals surface area contributed by atoms with Gasteiger partial charge in [-0.25, -0.2) is 4.99 Å². The van der Waals surface area contributed by atoms with Gasteiger partial charge in [-0.3, -0.25) is 9.59 Å². The molecule has 0 spiro atoms. The molecule has 3 heterocycles. The molecular weight excluding hydrogens is 376 g/mol. The molecule has 3 aliphatic heterocycles. The van der Waals surface area contributed by atoms with Crippen LogP contribution in [0.4, 0.5) is 0 Å². The molecule has 1 unspecified atom stereocenters. The van der Waals surface area contributed by atoms with E-state index in [0.717, 1.165) is 62.0 Å². The molecule has 1 aliphatic carbocycles. The van der Waals surface area contributed by atoms with Crippen molar-refractivity contribution in [3.8, 4) is 0 Å². The SMILES string of the molecule is CCc1ccc(C2=C3C(=O)CCCC3=NC3=NC(N4CCCCC4)=NC(=O)C32)cc1. The van der Waals surface area contributed by atoms with Crippen LogP contribution >= 0.6 is 0 Å². The Labute approximate surface area is 176 Å². The van der Waals surface area contributed by atoms with E-state index in [1.165, 1.54) is 12.0 Å². The van der Waals surface area contributed by atoms with Crippen LogP contribution in [0.5, 0.6) is 0 Å². The maximum Gasteiger partial charge on any atom is 0.264 e. The number of likely N-dealkylation sites (tertiary alicyclic amines) is 1. The summed E-state index contributed by atoms with van der Waals surface area (Å²) in [4.78, 5) is 42.1. The Balaban J connectivity index is 1.62. The van der Waals surface area contributed by atoms with Gasteiger partial charge in [0.2, 0.25) is 5.96 Å². The quantitative estimate of drug-likeness (QED) is 0.758. The van der Waals surface area contributed by atoms with Gasteiger partial charge in [-0.2, -0.15) is 9.98 Å². The summed E-state index contributed by atoms with van der Waals surface area (Å²) in [6.45, 7) is 3.85. The Kier molecular flexibility index (Phi) is 4.93. The second-order valence-corrected chi connectivity index (χ2v) is 8.38. The fourth-order valence-corrected chi connectivity index (χ4v) is 4.80. The highest BCUT2D eigenvalue weighted by Gasteiger charge is 2.42. The van der Waals surface area contributed by atoms with Crippen LogP contribution < -0.4 is 0 Å². The van der Waals surface area contributed by atoms with Crippen LogP contribution in [0.25, 0.3) is 5.57 Å². The molecule has 4 aliphatic rings. The summed E-state index contributed by atoms with van der Waals surface area (Å²) in [6.07, 6.45) is 6.35. The minimum Gasteiger partial charge on any atom is -0.341 e. The summed E-state index contributed by atoms with van der Waals surface area (Å²) in [5, 5.41) is 0. The van der Waals surface area contributed by atoms with Crippen molar-refractivity contribution in [3.05, 3.63) is 41.0 Å². The number of amidine groups is 1. The molecule has 2 fully saturated rings. The van der Waals surface area contributed by atoms with E-state index in [4.69, 9.17) is 9.98 Å². The number of piperidine rings is 1. The van der Waals surface area contributed by atoms with Gasteiger partial charge in [-0.05, 0) is 55.2 Å². The molecule has 1 saturated heterocycles. The summed E-state index contributed by atoms with van der Waals surface area (Å²) in [7, 11) is 0. The summed E-state index contributed by atoms with van der Waals surface area (Å²) in [5.74, 6) is 0.114. The zero-order valence-electron chi connectivity index (χ0n) is 17.4. The van der Waals surface area contributed by atoms with Crippen molar-refractivity contribution >= 4 is 34.8 Å². The molecule has 0 radical (unpaired) electrons. The number of ketones is 1. The van der Waals surface area contributed by atoms with Gasteiger partial charge in [0.05, 0.1) is 5.71 Å². The van der Waals surface area contributed by atoms with Gasteiger partial charge in [0.25, 0.3) is 5.91 Å². The zero-order valence-corrected chi connectivity index (χ0v) is 17.4. The van der Waals surface area contributed by atoms with Gasteiger partial charge in [-0.1, -0.05) is 31.2 Å². The number of carbonyl (C=O) groups is 2. The highest BCUT2D eigenvalue weighted by Crippen LogP contribution is 2.39. The number of allylic oxidation sites excluding steroid dienone is 1. The van der Waals surface area contributed by atoms with Crippen LogP contribution in [-0.2, 0) is 16.0 Å². The number of fused-ring (bicyclic) bond motifs is 2. The van der Waals surface area contributed by atoms with Gasteiger partial charge in [0.15, 0.2) is 5.78 Å². The average Bonchev–Trinajstić information content (AvgIpc) is 2.78. The van der Waals surface area contributed by atoms with Crippen molar-refractivity contribution in [2.75, 3.05) is 13.1 Å². The van der Waals surface area contributed by atoms with Crippen LogP contribution in [0.15, 0.2) is 44.8 Å². The fraction of sp³-hybridized carbons (Fsp3) is 0.458. The zero-order chi connectivity index (χ0) is 20.7. The highest BCUT2D eigenvalue weighted by molar-refractivity contribution is 6.37. The second kappa shape index (κ2) is 7.74. The number of benzene rings is 1. The Bertz CT molecular complexity index is 1020. The second-order valence-electron chi connectivity index (χ2n) is 8.38. The van der Waals surface area contributed by atoms with Crippen LogP contribution in [-0.4, -0.2) is 47.2 Å². The van der Waals surface area contributed by atoms with Crippen LogP contribution in [0.3, 0.4) is 0 Å². The van der Waals surface area contributed by atoms with Crippen molar-refractivity contribution in [2.24, 2.45) is 20.9 Å². The first kappa shape index (κ1) is 19.1. The van der Waals surface area contributed by atoms with E-state index in [-0.39, 0.29) is 11.7 Å². The number of Topliss-reactive ketones (excluding diaryl/α,β-unsaturated/α-hetero) is 1. The first-order chi connectivity index (χ1) is 14.7. The molecule has 0 aromatic heterocycles. The van der Waals surface area contributed by atoms with Crippen molar-refractivity contribution in [1.82, 2.24) is 4.90 Å². The van der Waals surface area contributed by atoms with Crippen molar-refractivity contribution in [3.63, 3.8) is 0 Å². The first-order valence-electron chi connectivity index (χ1n) is 11.1. The molecule has 1 aromatic carbocycles. The minimum absolute atomic E-state index is 0.0761. The summed E-state index contributed by atoms with van der Waals surface area (Å²) in [6, 6.07) is 8.16. The van der Waals surface area contributed by atoms with E-state index in [0.29, 0.717) is 23.8 Å². The lowest BCUT2D eigenvalue weighted by atomic mass is 9.77. The van der Waals surface area contributed by atoms with E-state index in [1.54, 1.807) is 0 Å². The minimum atomic E-state index is -0.688. The van der Waals surface area contributed by atoms with Crippen LogP contribution in [0.1, 0.15) is 56.6 Å².